The Bertz CT molecular complexity index is 686. The molecule has 0 amide bonds. The predicted octanol–water partition coefficient (Wildman–Crippen LogP) is 4.15. The molecule has 0 aliphatic heterocycles. The molecule has 0 atom stereocenters. The number of carbonyl (C=O) groups is 1. The molecule has 21 heavy (non-hydrogen) atoms. The first-order chi connectivity index (χ1) is 9.93. The number of thiophene rings is 1. The second kappa shape index (κ2) is 6.44. The molecule has 112 valence electrons. The fourth-order valence-electron chi connectivity index (χ4n) is 1.84. The van der Waals surface area contributed by atoms with Crippen LogP contribution < -0.4 is 11.1 Å². The molecule has 2 rings (SSSR count). The molecule has 0 spiro atoms. The van der Waals surface area contributed by atoms with E-state index in [2.05, 4.69) is 5.32 Å². The number of carbonyl (C=O) groups excluding carboxylic acids is 1. The SMILES string of the molecule is CSc1c(NCc2ccc(F)c(F)c2)sc(C(C)=O)c1N. The highest BCUT2D eigenvalue weighted by Gasteiger charge is 2.18. The third kappa shape index (κ3) is 3.36. The van der Waals surface area contributed by atoms with Crippen molar-refractivity contribution >= 4 is 39.6 Å². The molecule has 0 aliphatic carbocycles. The highest BCUT2D eigenvalue weighted by atomic mass is 32.2. The molecule has 1 heterocycles. The summed E-state index contributed by atoms with van der Waals surface area (Å²) < 4.78 is 26.0. The van der Waals surface area contributed by atoms with Gasteiger partial charge in [0.2, 0.25) is 0 Å². The van der Waals surface area contributed by atoms with Gasteiger partial charge in [-0.15, -0.1) is 23.1 Å². The molecule has 2 aromatic rings. The Balaban J connectivity index is 2.21. The second-order valence-electron chi connectivity index (χ2n) is 4.37. The van der Waals surface area contributed by atoms with Crippen molar-refractivity contribution < 1.29 is 13.6 Å². The van der Waals surface area contributed by atoms with E-state index >= 15 is 0 Å². The van der Waals surface area contributed by atoms with Crippen molar-refractivity contribution in [1.29, 1.82) is 0 Å². The lowest BCUT2D eigenvalue weighted by Crippen LogP contribution is -2.00. The van der Waals surface area contributed by atoms with Crippen LogP contribution in [-0.2, 0) is 6.54 Å². The Hall–Kier alpha value is -1.60. The quantitative estimate of drug-likeness (QED) is 0.640. The summed E-state index contributed by atoms with van der Waals surface area (Å²) in [5.41, 5.74) is 7.02. The van der Waals surface area contributed by atoms with Crippen LogP contribution in [0.1, 0.15) is 22.2 Å². The van der Waals surface area contributed by atoms with Gasteiger partial charge in [0.15, 0.2) is 17.4 Å². The molecule has 0 saturated heterocycles. The van der Waals surface area contributed by atoms with Gasteiger partial charge < -0.3 is 11.1 Å². The first kappa shape index (κ1) is 15.8. The second-order valence-corrected chi connectivity index (χ2v) is 6.20. The number of nitrogen functional groups attached to an aromatic ring is 1. The number of Topliss-reactive ketones (excluding diaryl/α,β-unsaturated/α-hetero) is 1. The summed E-state index contributed by atoms with van der Waals surface area (Å²) in [6, 6.07) is 3.74. The molecule has 0 saturated carbocycles. The third-order valence-corrected chi connectivity index (χ3v) is 5.09. The zero-order valence-corrected chi connectivity index (χ0v) is 13.1. The van der Waals surface area contributed by atoms with Gasteiger partial charge in [-0.25, -0.2) is 8.78 Å². The molecule has 0 fully saturated rings. The lowest BCUT2D eigenvalue weighted by molar-refractivity contribution is 0.102. The number of hydrogen-bond acceptors (Lipinski definition) is 5. The van der Waals surface area contributed by atoms with Crippen molar-refractivity contribution in [3.8, 4) is 0 Å². The van der Waals surface area contributed by atoms with E-state index in [0.29, 0.717) is 22.7 Å². The van der Waals surface area contributed by atoms with Gasteiger partial charge in [-0.3, -0.25) is 4.79 Å². The van der Waals surface area contributed by atoms with Crippen molar-refractivity contribution in [2.24, 2.45) is 0 Å². The zero-order chi connectivity index (χ0) is 15.6. The average Bonchev–Trinajstić information content (AvgIpc) is 2.76. The van der Waals surface area contributed by atoms with Gasteiger partial charge in [-0.1, -0.05) is 6.07 Å². The average molecular weight is 328 g/mol. The van der Waals surface area contributed by atoms with E-state index in [1.54, 1.807) is 0 Å². The number of halogens is 2. The minimum atomic E-state index is -0.880. The predicted molar refractivity (Wildman–Crippen MR) is 84.2 cm³/mol. The molecule has 0 aliphatic rings. The standard InChI is InChI=1S/C14H14F2N2OS2/c1-7(19)12-11(17)13(20-2)14(21-12)18-6-8-3-4-9(15)10(16)5-8/h3-5,18H,6,17H2,1-2H3. The lowest BCUT2D eigenvalue weighted by atomic mass is 10.2. The lowest BCUT2D eigenvalue weighted by Gasteiger charge is -2.07. The third-order valence-electron chi connectivity index (χ3n) is 2.86. The number of hydrogen-bond donors (Lipinski definition) is 2. The van der Waals surface area contributed by atoms with E-state index in [0.717, 1.165) is 22.0 Å². The fraction of sp³-hybridized carbons (Fsp3) is 0.214. The van der Waals surface area contributed by atoms with E-state index in [1.807, 2.05) is 6.26 Å². The van der Waals surface area contributed by atoms with Gasteiger partial charge >= 0.3 is 0 Å². The van der Waals surface area contributed by atoms with Crippen molar-refractivity contribution in [3.63, 3.8) is 0 Å². The van der Waals surface area contributed by atoms with Crippen LogP contribution in [0.3, 0.4) is 0 Å². The molecule has 0 unspecified atom stereocenters. The summed E-state index contributed by atoms with van der Waals surface area (Å²) in [6.07, 6.45) is 1.87. The van der Waals surface area contributed by atoms with E-state index in [9.17, 15) is 13.6 Å². The van der Waals surface area contributed by atoms with Crippen LogP contribution in [0.25, 0.3) is 0 Å². The molecule has 3 nitrogen and oxygen atoms in total. The van der Waals surface area contributed by atoms with Gasteiger partial charge in [0.25, 0.3) is 0 Å². The van der Waals surface area contributed by atoms with Gasteiger partial charge in [0.05, 0.1) is 15.5 Å². The first-order valence-corrected chi connectivity index (χ1v) is 8.13. The Morgan fingerprint density at radius 2 is 2.10 bits per heavy atom. The van der Waals surface area contributed by atoms with E-state index in [4.69, 9.17) is 5.73 Å². The van der Waals surface area contributed by atoms with Crippen molar-refractivity contribution in [3.05, 3.63) is 40.3 Å². The number of rotatable bonds is 5. The smallest absolute Gasteiger partial charge is 0.171 e. The Morgan fingerprint density at radius 3 is 2.67 bits per heavy atom. The van der Waals surface area contributed by atoms with Crippen LogP contribution in [-0.4, -0.2) is 12.0 Å². The maximum Gasteiger partial charge on any atom is 0.171 e. The molecular formula is C14H14F2N2OS2. The van der Waals surface area contributed by atoms with Crippen LogP contribution >= 0.6 is 23.1 Å². The summed E-state index contributed by atoms with van der Waals surface area (Å²) in [6.45, 7) is 1.79. The molecule has 1 aromatic carbocycles. The van der Waals surface area contributed by atoms with Crippen LogP contribution in [0.15, 0.2) is 23.1 Å². The van der Waals surface area contributed by atoms with Gasteiger partial charge in [0, 0.05) is 13.5 Å². The fourth-order valence-corrected chi connectivity index (χ4v) is 3.77. The van der Waals surface area contributed by atoms with Crippen LogP contribution in [0.5, 0.6) is 0 Å². The molecule has 3 N–H and O–H groups in total. The van der Waals surface area contributed by atoms with Crippen molar-refractivity contribution in [1.82, 2.24) is 0 Å². The molecule has 0 radical (unpaired) electrons. The maximum atomic E-state index is 13.2. The number of benzene rings is 1. The normalized spacial score (nSPS) is 10.7. The molecular weight excluding hydrogens is 314 g/mol. The van der Waals surface area contributed by atoms with E-state index in [-0.39, 0.29) is 5.78 Å². The van der Waals surface area contributed by atoms with E-state index < -0.39 is 11.6 Å². The molecule has 0 bridgehead atoms. The Kier molecular flexibility index (Phi) is 4.84. The van der Waals surface area contributed by atoms with Gasteiger partial charge in [0.1, 0.15) is 5.00 Å². The van der Waals surface area contributed by atoms with Gasteiger partial charge in [-0.2, -0.15) is 0 Å². The van der Waals surface area contributed by atoms with Crippen molar-refractivity contribution in [2.75, 3.05) is 17.3 Å². The van der Waals surface area contributed by atoms with Crippen LogP contribution in [0.2, 0.25) is 0 Å². The van der Waals surface area contributed by atoms with Crippen LogP contribution in [0.4, 0.5) is 19.5 Å². The number of anilines is 2. The summed E-state index contributed by atoms with van der Waals surface area (Å²) in [5, 5.41) is 3.88. The topological polar surface area (TPSA) is 55.1 Å². The number of thioether (sulfide) groups is 1. The molecule has 1 aromatic heterocycles. The first-order valence-electron chi connectivity index (χ1n) is 6.09. The Morgan fingerprint density at radius 1 is 1.38 bits per heavy atom. The van der Waals surface area contributed by atoms with Crippen LogP contribution in [0, 0.1) is 11.6 Å². The number of ketones is 1. The Labute approximate surface area is 129 Å². The van der Waals surface area contributed by atoms with Gasteiger partial charge in [-0.05, 0) is 24.0 Å². The minimum absolute atomic E-state index is 0.0892. The van der Waals surface area contributed by atoms with E-state index in [1.165, 1.54) is 36.1 Å². The number of nitrogens with two attached hydrogens (primary N) is 1. The highest BCUT2D eigenvalue weighted by molar-refractivity contribution is 7.99. The van der Waals surface area contributed by atoms with Crippen molar-refractivity contribution in [2.45, 2.75) is 18.4 Å². The summed E-state index contributed by atoms with van der Waals surface area (Å²) in [7, 11) is 0. The zero-order valence-electron chi connectivity index (χ0n) is 11.5. The monoisotopic (exact) mass is 328 g/mol. The number of nitrogens with one attached hydrogen (secondary N) is 1. The minimum Gasteiger partial charge on any atom is -0.396 e. The molecule has 7 heteroatoms. The maximum absolute atomic E-state index is 13.2. The summed E-state index contributed by atoms with van der Waals surface area (Å²) in [4.78, 5) is 12.8. The summed E-state index contributed by atoms with van der Waals surface area (Å²) in [5.74, 6) is -1.84. The summed E-state index contributed by atoms with van der Waals surface area (Å²) >= 11 is 2.71. The highest BCUT2D eigenvalue weighted by Crippen LogP contribution is 2.42. The largest absolute Gasteiger partial charge is 0.396 e.